The van der Waals surface area contributed by atoms with Crippen LogP contribution in [0.5, 0.6) is 0 Å². The van der Waals surface area contributed by atoms with Gasteiger partial charge in [0, 0.05) is 24.2 Å². The van der Waals surface area contributed by atoms with Crippen LogP contribution < -0.4 is 0 Å². The van der Waals surface area contributed by atoms with Gasteiger partial charge in [-0.1, -0.05) is 5.16 Å². The van der Waals surface area contributed by atoms with E-state index in [1.807, 2.05) is 30.7 Å². The minimum Gasteiger partial charge on any atom is -0.399 e. The van der Waals surface area contributed by atoms with Gasteiger partial charge >= 0.3 is 0 Å². The summed E-state index contributed by atoms with van der Waals surface area (Å²) in [5, 5.41) is 5.03. The van der Waals surface area contributed by atoms with Crippen molar-refractivity contribution < 1.29 is 4.84 Å². The summed E-state index contributed by atoms with van der Waals surface area (Å²) in [6.07, 6.45) is 10.0. The van der Waals surface area contributed by atoms with Crippen molar-refractivity contribution in [1.29, 1.82) is 0 Å². The van der Waals surface area contributed by atoms with Crippen LogP contribution in [0.25, 0.3) is 21.1 Å². The summed E-state index contributed by atoms with van der Waals surface area (Å²) in [5.41, 5.74) is 4.51. The quantitative estimate of drug-likeness (QED) is 0.685. The van der Waals surface area contributed by atoms with Gasteiger partial charge in [0.2, 0.25) is 0 Å². The van der Waals surface area contributed by atoms with Crippen molar-refractivity contribution >= 4 is 17.0 Å². The lowest BCUT2D eigenvalue weighted by Crippen LogP contribution is -2.16. The summed E-state index contributed by atoms with van der Waals surface area (Å²) < 4.78 is 0. The number of aromatic nitrogens is 4. The van der Waals surface area contributed by atoms with Crippen LogP contribution in [0.2, 0.25) is 0 Å². The second-order valence-electron chi connectivity index (χ2n) is 5.40. The molecule has 0 radical (unpaired) electrons. The maximum atomic E-state index is 4.95. The molecule has 0 bridgehead atoms. The third-order valence-electron chi connectivity index (χ3n) is 3.82. The van der Waals surface area contributed by atoms with Crippen molar-refractivity contribution in [3.63, 3.8) is 0 Å². The Hall–Kier alpha value is -2.67. The molecule has 1 aliphatic carbocycles. The summed E-state index contributed by atoms with van der Waals surface area (Å²) in [6.45, 7) is 0. The lowest BCUT2D eigenvalue weighted by molar-refractivity contribution is 0.212. The van der Waals surface area contributed by atoms with Gasteiger partial charge in [0.1, 0.15) is 29.2 Å². The molecule has 4 rings (SSSR count). The predicted octanol–water partition coefficient (Wildman–Crippen LogP) is 3.35. The minimum atomic E-state index is 0.812. The van der Waals surface area contributed by atoms with Crippen LogP contribution in [0.4, 0.5) is 0 Å². The highest BCUT2D eigenvalue weighted by atomic mass is 32.1. The van der Waals surface area contributed by atoms with E-state index in [0.717, 1.165) is 57.5 Å². The minimum absolute atomic E-state index is 0.812. The highest BCUT2D eigenvalue weighted by Gasteiger charge is 2.20. The maximum absolute atomic E-state index is 4.95. The topological polar surface area (TPSA) is 73.2 Å². The highest BCUT2D eigenvalue weighted by molar-refractivity contribution is 7.18. The number of nitrogens with zero attached hydrogens (tertiary/aromatic N) is 5. The molecule has 24 heavy (non-hydrogen) atoms. The van der Waals surface area contributed by atoms with Gasteiger partial charge in [-0.05, 0) is 31.4 Å². The van der Waals surface area contributed by atoms with Gasteiger partial charge in [0.15, 0.2) is 0 Å². The fourth-order valence-corrected chi connectivity index (χ4v) is 3.56. The molecule has 0 atom stereocenters. The summed E-state index contributed by atoms with van der Waals surface area (Å²) in [5.74, 6) is 0. The zero-order valence-electron chi connectivity index (χ0n) is 13.1. The predicted molar refractivity (Wildman–Crippen MR) is 92.9 cm³/mol. The van der Waals surface area contributed by atoms with Gasteiger partial charge in [-0.15, -0.1) is 11.3 Å². The zero-order chi connectivity index (χ0) is 16.4. The molecule has 1 aliphatic rings. The summed E-state index contributed by atoms with van der Waals surface area (Å²) in [7, 11) is 1.56. The van der Waals surface area contributed by atoms with Crippen molar-refractivity contribution in [1.82, 2.24) is 19.9 Å². The first-order valence-corrected chi connectivity index (χ1v) is 8.49. The lowest BCUT2D eigenvalue weighted by atomic mass is 9.98. The van der Waals surface area contributed by atoms with E-state index >= 15 is 0 Å². The number of pyridine rings is 1. The Balaban J connectivity index is 1.72. The van der Waals surface area contributed by atoms with E-state index in [2.05, 4.69) is 20.1 Å². The first-order chi connectivity index (χ1) is 11.8. The third kappa shape index (κ3) is 2.78. The van der Waals surface area contributed by atoms with Crippen molar-refractivity contribution in [3.05, 3.63) is 48.3 Å². The third-order valence-corrected chi connectivity index (χ3v) is 4.89. The van der Waals surface area contributed by atoms with Crippen LogP contribution in [0, 0.1) is 0 Å². The zero-order valence-corrected chi connectivity index (χ0v) is 14.0. The van der Waals surface area contributed by atoms with E-state index in [4.69, 9.17) is 9.82 Å². The monoisotopic (exact) mass is 337 g/mol. The van der Waals surface area contributed by atoms with Crippen LogP contribution >= 0.6 is 11.3 Å². The average Bonchev–Trinajstić information content (AvgIpc) is 3.13. The highest BCUT2D eigenvalue weighted by Crippen LogP contribution is 2.31. The normalized spacial score (nSPS) is 15.3. The van der Waals surface area contributed by atoms with E-state index < -0.39 is 0 Å². The standard InChI is InChI=1S/C17H15N5OS/c1-23-22-13-6-2-5-12-16(13)21-14(9-19-12)15-10-20-17(24-15)11-4-3-7-18-8-11/h3-4,7-10H,2,5-6H2,1H3. The molecule has 0 aromatic carbocycles. The van der Waals surface area contributed by atoms with Crippen molar-refractivity contribution in [2.24, 2.45) is 5.16 Å². The molecule has 3 aromatic rings. The van der Waals surface area contributed by atoms with Gasteiger partial charge in [-0.3, -0.25) is 9.97 Å². The first-order valence-electron chi connectivity index (χ1n) is 7.68. The van der Waals surface area contributed by atoms with Gasteiger partial charge in [-0.25, -0.2) is 9.97 Å². The van der Waals surface area contributed by atoms with Gasteiger partial charge < -0.3 is 4.84 Å². The number of thiazole rings is 1. The molecule has 120 valence electrons. The fraction of sp³-hybridized carbons (Fsp3) is 0.235. The van der Waals surface area contributed by atoms with Crippen LogP contribution in [-0.4, -0.2) is 32.8 Å². The Bertz CT molecular complexity index is 891. The largest absolute Gasteiger partial charge is 0.399 e. The summed E-state index contributed by atoms with van der Waals surface area (Å²) in [4.78, 5) is 23.9. The van der Waals surface area contributed by atoms with Crippen LogP contribution in [0.3, 0.4) is 0 Å². The molecule has 3 aromatic heterocycles. The maximum Gasteiger partial charge on any atom is 0.125 e. The molecule has 7 heteroatoms. The number of oxime groups is 1. The Kier molecular flexibility index (Phi) is 4.00. The molecule has 0 aliphatic heterocycles. The molecule has 0 fully saturated rings. The lowest BCUT2D eigenvalue weighted by Gasteiger charge is -2.15. The molecule has 0 unspecified atom stereocenters. The second-order valence-corrected chi connectivity index (χ2v) is 6.43. The Morgan fingerprint density at radius 2 is 2.12 bits per heavy atom. The average molecular weight is 337 g/mol. The number of rotatable bonds is 3. The van der Waals surface area contributed by atoms with Crippen molar-refractivity contribution in [2.45, 2.75) is 19.3 Å². The molecule has 0 saturated carbocycles. The number of fused-ring (bicyclic) bond motifs is 1. The summed E-state index contributed by atoms with van der Waals surface area (Å²) in [6, 6.07) is 3.90. The Morgan fingerprint density at radius 3 is 2.96 bits per heavy atom. The van der Waals surface area contributed by atoms with E-state index in [1.165, 1.54) is 0 Å². The molecule has 0 spiro atoms. The molecular weight excluding hydrogens is 322 g/mol. The fourth-order valence-electron chi connectivity index (χ4n) is 2.70. The van der Waals surface area contributed by atoms with Crippen molar-refractivity contribution in [3.8, 4) is 21.1 Å². The number of hydrogen-bond donors (Lipinski definition) is 0. The van der Waals surface area contributed by atoms with E-state index in [1.54, 1.807) is 24.6 Å². The van der Waals surface area contributed by atoms with Crippen molar-refractivity contribution in [2.75, 3.05) is 7.11 Å². The molecule has 0 saturated heterocycles. The number of aryl methyl sites for hydroxylation is 1. The van der Waals surface area contributed by atoms with Crippen LogP contribution in [0.15, 0.2) is 42.1 Å². The first kappa shape index (κ1) is 14.9. The van der Waals surface area contributed by atoms with Crippen LogP contribution in [0.1, 0.15) is 24.2 Å². The second kappa shape index (κ2) is 6.45. The molecule has 0 amide bonds. The van der Waals surface area contributed by atoms with Gasteiger partial charge in [0.05, 0.1) is 16.8 Å². The number of hydrogen-bond acceptors (Lipinski definition) is 7. The Labute approximate surface area is 143 Å². The molecule has 6 nitrogen and oxygen atoms in total. The Morgan fingerprint density at radius 1 is 1.17 bits per heavy atom. The smallest absolute Gasteiger partial charge is 0.125 e. The molecule has 0 N–H and O–H groups in total. The SMILES string of the molecule is CON=C1CCCc2ncc(-c3cnc(-c4cccnc4)s3)nc21. The van der Waals surface area contributed by atoms with Gasteiger partial charge in [0.25, 0.3) is 0 Å². The van der Waals surface area contributed by atoms with E-state index in [-0.39, 0.29) is 0 Å². The van der Waals surface area contributed by atoms with Crippen LogP contribution in [-0.2, 0) is 11.3 Å². The summed E-state index contributed by atoms with van der Waals surface area (Å²) >= 11 is 1.58. The van der Waals surface area contributed by atoms with E-state index in [0.29, 0.717) is 0 Å². The van der Waals surface area contributed by atoms with E-state index in [9.17, 15) is 0 Å². The molecular formula is C17H15N5OS. The van der Waals surface area contributed by atoms with Gasteiger partial charge in [-0.2, -0.15) is 0 Å². The molecule has 3 heterocycles.